The second kappa shape index (κ2) is 8.65. The largest absolute Gasteiger partial charge is 0.490 e. The van der Waals surface area contributed by atoms with E-state index in [9.17, 15) is 14.7 Å². The molecule has 1 saturated heterocycles. The quantitative estimate of drug-likeness (QED) is 0.601. The van der Waals surface area contributed by atoms with Crippen molar-refractivity contribution in [2.24, 2.45) is 0 Å². The lowest BCUT2D eigenvalue weighted by atomic mass is 9.93. The van der Waals surface area contributed by atoms with E-state index in [1.807, 2.05) is 37.6 Å². The van der Waals surface area contributed by atoms with Crippen molar-refractivity contribution in [2.75, 3.05) is 25.3 Å². The van der Waals surface area contributed by atoms with Crippen LogP contribution in [0.25, 0.3) is 11.3 Å². The molecule has 0 amide bonds. The van der Waals surface area contributed by atoms with Gasteiger partial charge < -0.3 is 19.3 Å². The number of aromatic nitrogens is 1. The van der Waals surface area contributed by atoms with Crippen molar-refractivity contribution in [1.29, 1.82) is 0 Å². The Hall–Kier alpha value is -3.00. The van der Waals surface area contributed by atoms with Gasteiger partial charge in [0, 0.05) is 38.0 Å². The normalized spacial score (nSPS) is 18.2. The highest BCUT2D eigenvalue weighted by molar-refractivity contribution is 5.88. The van der Waals surface area contributed by atoms with Gasteiger partial charge in [-0.15, -0.1) is 0 Å². The highest BCUT2D eigenvalue weighted by Crippen LogP contribution is 2.50. The van der Waals surface area contributed by atoms with Gasteiger partial charge in [-0.1, -0.05) is 0 Å². The van der Waals surface area contributed by atoms with E-state index in [0.717, 1.165) is 30.4 Å². The van der Waals surface area contributed by atoms with Crippen LogP contribution in [0.1, 0.15) is 75.8 Å². The van der Waals surface area contributed by atoms with Crippen LogP contribution in [-0.4, -0.2) is 47.2 Å². The molecule has 2 aromatic rings. The minimum atomic E-state index is -1.23. The molecular weight excluding hydrogens is 436 g/mol. The van der Waals surface area contributed by atoms with Crippen molar-refractivity contribution < 1.29 is 24.1 Å². The van der Waals surface area contributed by atoms with Crippen molar-refractivity contribution in [3.05, 3.63) is 45.7 Å². The van der Waals surface area contributed by atoms with E-state index in [1.54, 1.807) is 7.11 Å². The predicted molar refractivity (Wildman–Crippen MR) is 130 cm³/mol. The molecular formula is C26H34N2O6. The molecule has 1 atom stereocenters. The molecule has 1 aromatic carbocycles. The van der Waals surface area contributed by atoms with Crippen molar-refractivity contribution >= 4 is 5.97 Å². The van der Waals surface area contributed by atoms with Crippen LogP contribution in [-0.2, 0) is 4.74 Å². The van der Waals surface area contributed by atoms with Crippen molar-refractivity contribution in [3.8, 4) is 22.8 Å². The van der Waals surface area contributed by atoms with Crippen molar-refractivity contribution in [2.45, 2.75) is 71.1 Å². The van der Waals surface area contributed by atoms with Crippen LogP contribution in [0.4, 0.5) is 0 Å². The van der Waals surface area contributed by atoms with Gasteiger partial charge in [0.05, 0.1) is 23.9 Å². The Bertz CT molecular complexity index is 1160. The Labute approximate surface area is 200 Å². The van der Waals surface area contributed by atoms with E-state index in [4.69, 9.17) is 14.2 Å². The predicted octanol–water partition coefficient (Wildman–Crippen LogP) is 4.37. The lowest BCUT2D eigenvalue weighted by molar-refractivity contribution is 0.0694. The van der Waals surface area contributed by atoms with Crippen LogP contribution in [0.5, 0.6) is 11.5 Å². The molecule has 1 aromatic heterocycles. The summed E-state index contributed by atoms with van der Waals surface area (Å²) in [5, 5.41) is 11.8. The summed E-state index contributed by atoms with van der Waals surface area (Å²) < 4.78 is 19.4. The molecule has 0 aliphatic carbocycles. The molecule has 1 N–H and O–H groups in total. The van der Waals surface area contributed by atoms with E-state index >= 15 is 0 Å². The number of methoxy groups -OCH3 is 1. The van der Waals surface area contributed by atoms with E-state index in [-0.39, 0.29) is 17.1 Å². The molecule has 0 saturated carbocycles. The summed E-state index contributed by atoms with van der Waals surface area (Å²) in [5.41, 5.74) is 1.13. The fraction of sp³-hybridized carbons (Fsp3) is 0.538. The highest BCUT2D eigenvalue weighted by Gasteiger charge is 2.45. The number of pyridine rings is 1. The number of ether oxygens (including phenoxy) is 3. The van der Waals surface area contributed by atoms with Gasteiger partial charge in [0.2, 0.25) is 0 Å². The second-order valence-electron chi connectivity index (χ2n) is 10.6. The molecule has 8 heteroatoms. The van der Waals surface area contributed by atoms with Gasteiger partial charge in [0.25, 0.3) is 0 Å². The summed E-state index contributed by atoms with van der Waals surface area (Å²) in [7, 11) is 1.67. The summed E-state index contributed by atoms with van der Waals surface area (Å²) in [5.74, 6) is 0.0271. The van der Waals surface area contributed by atoms with Crippen LogP contribution in [0.3, 0.4) is 0 Å². The lowest BCUT2D eigenvalue weighted by Gasteiger charge is -2.44. The lowest BCUT2D eigenvalue weighted by Crippen LogP contribution is -2.50. The molecule has 4 rings (SSSR count). The molecule has 8 nitrogen and oxygen atoms in total. The van der Waals surface area contributed by atoms with E-state index in [0.29, 0.717) is 30.4 Å². The molecule has 184 valence electrons. The average Bonchev–Trinajstić information content (AvgIpc) is 3.05. The van der Waals surface area contributed by atoms with Gasteiger partial charge in [-0.05, 0) is 65.2 Å². The fourth-order valence-electron chi connectivity index (χ4n) is 4.92. The standard InChI is InChI=1S/C26H34N2O6/c1-25(2,3)34-23-13-17-16(12-22(23)33-11-7-10-32-6)19-8-9-26(4,5)28(19)27-15-18(24(30)31)21(29)14-20(17)27/h12-15,19H,7-11H2,1-6H3,(H,30,31). The number of hydrogen-bond donors (Lipinski definition) is 1. The highest BCUT2D eigenvalue weighted by atomic mass is 16.5. The third-order valence-electron chi connectivity index (χ3n) is 6.36. The molecule has 2 aliphatic rings. The van der Waals surface area contributed by atoms with E-state index < -0.39 is 17.0 Å². The van der Waals surface area contributed by atoms with Gasteiger partial charge in [-0.2, -0.15) is 0 Å². The maximum absolute atomic E-state index is 12.7. The second-order valence-corrected chi connectivity index (χ2v) is 10.6. The van der Waals surface area contributed by atoms with Crippen LogP contribution in [0, 0.1) is 0 Å². The van der Waals surface area contributed by atoms with Crippen molar-refractivity contribution in [3.63, 3.8) is 0 Å². The molecule has 3 heterocycles. The third-order valence-corrected chi connectivity index (χ3v) is 6.36. The monoisotopic (exact) mass is 470 g/mol. The molecule has 34 heavy (non-hydrogen) atoms. The first-order chi connectivity index (χ1) is 15.9. The smallest absolute Gasteiger partial charge is 0.341 e. The van der Waals surface area contributed by atoms with Gasteiger partial charge in [-0.3, -0.25) is 14.5 Å². The summed E-state index contributed by atoms with van der Waals surface area (Å²) in [4.78, 5) is 24.4. The topological polar surface area (TPSA) is 90.2 Å². The summed E-state index contributed by atoms with van der Waals surface area (Å²) in [6.07, 6.45) is 4.04. The molecule has 0 radical (unpaired) electrons. The Kier molecular flexibility index (Phi) is 6.14. The van der Waals surface area contributed by atoms with Crippen LogP contribution < -0.4 is 19.9 Å². The van der Waals surface area contributed by atoms with E-state index in [1.165, 1.54) is 12.3 Å². The molecule has 2 aliphatic heterocycles. The van der Waals surface area contributed by atoms with Crippen LogP contribution in [0.2, 0.25) is 0 Å². The zero-order valence-corrected chi connectivity index (χ0v) is 20.8. The molecule has 1 fully saturated rings. The number of aromatic carboxylic acids is 1. The first-order valence-corrected chi connectivity index (χ1v) is 11.7. The minimum Gasteiger partial charge on any atom is -0.490 e. The van der Waals surface area contributed by atoms with Gasteiger partial charge >= 0.3 is 5.97 Å². The van der Waals surface area contributed by atoms with Crippen LogP contribution >= 0.6 is 0 Å². The number of nitrogens with zero attached hydrogens (tertiary/aromatic N) is 2. The number of carboxylic acids is 1. The zero-order chi connectivity index (χ0) is 24.8. The third kappa shape index (κ3) is 4.39. The summed E-state index contributed by atoms with van der Waals surface area (Å²) in [6, 6.07) is 5.40. The molecule has 0 spiro atoms. The number of hydrogen-bond acceptors (Lipinski definition) is 6. The summed E-state index contributed by atoms with van der Waals surface area (Å²) in [6.45, 7) is 11.3. The first kappa shape index (κ1) is 24.1. The Morgan fingerprint density at radius 3 is 2.56 bits per heavy atom. The fourth-order valence-corrected chi connectivity index (χ4v) is 4.92. The Morgan fingerprint density at radius 2 is 1.91 bits per heavy atom. The Morgan fingerprint density at radius 1 is 1.18 bits per heavy atom. The zero-order valence-electron chi connectivity index (χ0n) is 20.8. The van der Waals surface area contributed by atoms with E-state index in [2.05, 4.69) is 18.9 Å². The number of carbonyl (C=O) groups is 1. The minimum absolute atomic E-state index is 0.0201. The maximum Gasteiger partial charge on any atom is 0.341 e. The molecule has 0 bridgehead atoms. The summed E-state index contributed by atoms with van der Waals surface area (Å²) >= 11 is 0. The van der Waals surface area contributed by atoms with Gasteiger partial charge in [0.15, 0.2) is 16.9 Å². The number of carboxylic acid groups (broad SMARTS) is 1. The Balaban J connectivity index is 1.91. The van der Waals surface area contributed by atoms with Crippen molar-refractivity contribution in [1.82, 2.24) is 4.68 Å². The number of rotatable bonds is 7. The SMILES string of the molecule is COCCCOc1cc2c(cc1OC(C)(C)C)-c1cc(=O)c(C(=O)O)cn1N1C2CCC1(C)C. The van der Waals surface area contributed by atoms with Crippen LogP contribution in [0.15, 0.2) is 29.2 Å². The average molecular weight is 471 g/mol. The number of benzene rings is 1. The number of fused-ring (bicyclic) bond motifs is 6. The molecule has 1 unspecified atom stereocenters. The first-order valence-electron chi connectivity index (χ1n) is 11.7. The van der Waals surface area contributed by atoms with Gasteiger partial charge in [0.1, 0.15) is 11.2 Å². The van der Waals surface area contributed by atoms with Gasteiger partial charge in [-0.25, -0.2) is 4.79 Å². The maximum atomic E-state index is 12.7.